The molecule has 0 aliphatic heterocycles. The fourth-order valence-electron chi connectivity index (χ4n) is 3.48. The first-order valence-electron chi connectivity index (χ1n) is 12.2. The molecule has 0 spiro atoms. The molecule has 0 atom stereocenters. The number of hydrogen-bond donors (Lipinski definition) is 1. The maximum atomic E-state index is 15.0. The second kappa shape index (κ2) is 13.1. The summed E-state index contributed by atoms with van der Waals surface area (Å²) in [4.78, 5) is 40.8. The van der Waals surface area contributed by atoms with Crippen molar-refractivity contribution in [2.45, 2.75) is 26.4 Å². The number of nitro groups is 1. The zero-order valence-corrected chi connectivity index (χ0v) is 23.4. The zero-order valence-electron chi connectivity index (χ0n) is 23.4. The molecule has 1 aromatic heterocycles. The van der Waals surface area contributed by atoms with Crippen molar-refractivity contribution >= 4 is 34.9 Å². The van der Waals surface area contributed by atoms with Crippen molar-refractivity contribution in [2.24, 2.45) is 0 Å². The Morgan fingerprint density at radius 3 is 2.30 bits per heavy atom. The van der Waals surface area contributed by atoms with E-state index in [-0.39, 0.29) is 17.3 Å². The van der Waals surface area contributed by atoms with E-state index in [2.05, 4.69) is 26.9 Å². The number of amides is 1. The summed E-state index contributed by atoms with van der Waals surface area (Å²) in [6.45, 7) is 3.96. The van der Waals surface area contributed by atoms with E-state index in [0.717, 1.165) is 25.3 Å². The Hall–Kier alpha value is -5.39. The average molecular weight is 605 g/mol. The predicted molar refractivity (Wildman–Crippen MR) is 145 cm³/mol. The van der Waals surface area contributed by atoms with Crippen LogP contribution in [0.2, 0.25) is 0 Å². The summed E-state index contributed by atoms with van der Waals surface area (Å²) in [6.07, 6.45) is -1.10. The number of anilines is 3. The number of aromatic nitrogens is 1. The Labute approximate surface area is 242 Å². The van der Waals surface area contributed by atoms with Gasteiger partial charge in [0.05, 0.1) is 48.2 Å². The van der Waals surface area contributed by atoms with Gasteiger partial charge in [-0.2, -0.15) is 4.98 Å². The van der Waals surface area contributed by atoms with Crippen molar-refractivity contribution in [3.8, 4) is 17.7 Å². The second-order valence-corrected chi connectivity index (χ2v) is 9.53. The van der Waals surface area contributed by atoms with E-state index in [4.69, 9.17) is 9.47 Å². The van der Waals surface area contributed by atoms with E-state index in [0.29, 0.717) is 17.0 Å². The standard InChI is InChI=1S/C28H24F4N4O7/c1-28(2,3)43-27(38)35(25-22(36(39)40)10-11-23(34-25)41-4)12-6-7-15-20(9-8-17(29)24(15)32)33-21-14-19(31)18(30)13-16(21)26(37)42-5/h8-11,13-14,33H,12H2,1-5H3. The highest BCUT2D eigenvalue weighted by Crippen LogP contribution is 2.31. The molecule has 0 saturated heterocycles. The summed E-state index contributed by atoms with van der Waals surface area (Å²) in [6, 6.07) is 5.14. The fourth-order valence-corrected chi connectivity index (χ4v) is 3.48. The number of esters is 1. The number of halogens is 4. The number of benzene rings is 2. The molecular weight excluding hydrogens is 580 g/mol. The van der Waals surface area contributed by atoms with Gasteiger partial charge in [-0.25, -0.2) is 32.1 Å². The molecule has 1 heterocycles. The highest BCUT2D eigenvalue weighted by atomic mass is 19.2. The molecule has 15 heteroatoms. The van der Waals surface area contributed by atoms with Crippen molar-refractivity contribution in [3.05, 3.63) is 80.9 Å². The molecule has 11 nitrogen and oxygen atoms in total. The Kier molecular flexibility index (Phi) is 9.76. The molecular formula is C28H24F4N4O7. The molecule has 43 heavy (non-hydrogen) atoms. The number of pyridine rings is 1. The lowest BCUT2D eigenvalue weighted by molar-refractivity contribution is -0.384. The number of carbonyl (C=O) groups excluding carboxylic acids is 2. The van der Waals surface area contributed by atoms with Crippen molar-refractivity contribution in [1.82, 2.24) is 4.98 Å². The summed E-state index contributed by atoms with van der Waals surface area (Å²) in [7, 11) is 2.25. The monoisotopic (exact) mass is 604 g/mol. The average Bonchev–Trinajstić information content (AvgIpc) is 2.94. The molecule has 0 radical (unpaired) electrons. The largest absolute Gasteiger partial charge is 0.481 e. The minimum atomic E-state index is -1.46. The third-order valence-corrected chi connectivity index (χ3v) is 5.38. The van der Waals surface area contributed by atoms with Gasteiger partial charge in [-0.05, 0) is 39.0 Å². The number of nitrogens with one attached hydrogen (secondary N) is 1. The third kappa shape index (κ3) is 7.67. The molecule has 1 N–H and O–H groups in total. The lowest BCUT2D eigenvalue weighted by Crippen LogP contribution is -2.38. The molecule has 0 aliphatic rings. The van der Waals surface area contributed by atoms with Gasteiger partial charge >= 0.3 is 17.7 Å². The van der Waals surface area contributed by atoms with Gasteiger partial charge in [0, 0.05) is 18.2 Å². The molecule has 0 bridgehead atoms. The van der Waals surface area contributed by atoms with Gasteiger partial charge in [0.2, 0.25) is 11.7 Å². The Bertz CT molecular complexity index is 1650. The Morgan fingerprint density at radius 2 is 1.70 bits per heavy atom. The first-order chi connectivity index (χ1) is 20.2. The molecule has 226 valence electrons. The van der Waals surface area contributed by atoms with Crippen molar-refractivity contribution in [3.63, 3.8) is 0 Å². The smallest absolute Gasteiger partial charge is 0.417 e. The molecule has 3 aromatic rings. The Morgan fingerprint density at radius 1 is 1.02 bits per heavy atom. The van der Waals surface area contributed by atoms with Crippen molar-refractivity contribution in [1.29, 1.82) is 0 Å². The van der Waals surface area contributed by atoms with Gasteiger partial charge < -0.3 is 19.5 Å². The molecule has 0 fully saturated rings. The molecule has 3 rings (SSSR count). The van der Waals surface area contributed by atoms with Crippen LogP contribution in [0.3, 0.4) is 0 Å². The summed E-state index contributed by atoms with van der Waals surface area (Å²) in [5, 5.41) is 14.2. The van der Waals surface area contributed by atoms with Gasteiger partial charge in [0.15, 0.2) is 23.3 Å². The van der Waals surface area contributed by atoms with E-state index in [1.165, 1.54) is 13.2 Å². The maximum absolute atomic E-state index is 15.0. The SMILES string of the molecule is COC(=O)c1cc(F)c(F)cc1Nc1ccc(F)c(F)c1C#CCN(C(=O)OC(C)(C)C)c1nc(OC)ccc1[N+](=O)[O-]. The first-order valence-corrected chi connectivity index (χ1v) is 12.2. The van der Waals surface area contributed by atoms with Crippen LogP contribution in [0.15, 0.2) is 36.4 Å². The summed E-state index contributed by atoms with van der Waals surface area (Å²) in [5.41, 5.74) is -3.40. The molecule has 2 aromatic carbocycles. The van der Waals surface area contributed by atoms with Crippen LogP contribution >= 0.6 is 0 Å². The number of ether oxygens (including phenoxy) is 3. The number of methoxy groups -OCH3 is 2. The highest BCUT2D eigenvalue weighted by molar-refractivity contribution is 5.97. The fraction of sp³-hybridized carbons (Fsp3) is 0.250. The van der Waals surface area contributed by atoms with E-state index < -0.39 is 75.0 Å². The minimum Gasteiger partial charge on any atom is -0.481 e. The van der Waals surface area contributed by atoms with Crippen LogP contribution in [0, 0.1) is 45.2 Å². The van der Waals surface area contributed by atoms with E-state index in [9.17, 15) is 37.3 Å². The van der Waals surface area contributed by atoms with Crippen LogP contribution in [0.4, 0.5) is 45.2 Å². The van der Waals surface area contributed by atoms with Crippen molar-refractivity contribution < 1.29 is 46.3 Å². The maximum Gasteiger partial charge on any atom is 0.417 e. The molecule has 1 amide bonds. The topological polar surface area (TPSA) is 133 Å². The van der Waals surface area contributed by atoms with Crippen LogP contribution in [-0.2, 0) is 9.47 Å². The number of carbonyl (C=O) groups is 2. The molecule has 0 saturated carbocycles. The van der Waals surface area contributed by atoms with Crippen LogP contribution < -0.4 is 15.0 Å². The summed E-state index contributed by atoms with van der Waals surface area (Å²) >= 11 is 0. The van der Waals surface area contributed by atoms with Crippen LogP contribution in [0.5, 0.6) is 5.88 Å². The van der Waals surface area contributed by atoms with Crippen LogP contribution in [0.1, 0.15) is 36.7 Å². The van der Waals surface area contributed by atoms with Crippen molar-refractivity contribution in [2.75, 3.05) is 31.0 Å². The van der Waals surface area contributed by atoms with E-state index >= 15 is 0 Å². The number of hydrogen-bond acceptors (Lipinski definition) is 9. The van der Waals surface area contributed by atoms with Gasteiger partial charge in [-0.15, -0.1) is 0 Å². The highest BCUT2D eigenvalue weighted by Gasteiger charge is 2.30. The van der Waals surface area contributed by atoms with Gasteiger partial charge in [-0.3, -0.25) is 10.1 Å². The normalized spacial score (nSPS) is 10.7. The third-order valence-electron chi connectivity index (χ3n) is 5.38. The number of nitrogens with zero attached hydrogens (tertiary/aromatic N) is 3. The summed E-state index contributed by atoms with van der Waals surface area (Å²) in [5.74, 6) is -2.39. The lowest BCUT2D eigenvalue weighted by atomic mass is 10.1. The Balaban J connectivity index is 2.12. The van der Waals surface area contributed by atoms with E-state index in [1.807, 2.05) is 0 Å². The second-order valence-electron chi connectivity index (χ2n) is 9.53. The van der Waals surface area contributed by atoms with Crippen LogP contribution in [-0.4, -0.2) is 48.3 Å². The van der Waals surface area contributed by atoms with Gasteiger partial charge in [0.1, 0.15) is 5.60 Å². The first kappa shape index (κ1) is 32.1. The van der Waals surface area contributed by atoms with Gasteiger partial charge in [0.25, 0.3) is 0 Å². The lowest BCUT2D eigenvalue weighted by Gasteiger charge is -2.25. The predicted octanol–water partition coefficient (Wildman–Crippen LogP) is 5.88. The summed E-state index contributed by atoms with van der Waals surface area (Å²) < 4.78 is 72.0. The van der Waals surface area contributed by atoms with Gasteiger partial charge in [-0.1, -0.05) is 11.8 Å². The molecule has 0 aliphatic carbocycles. The number of rotatable bonds is 7. The minimum absolute atomic E-state index is 0.0854. The molecule has 0 unspecified atom stereocenters. The van der Waals surface area contributed by atoms with E-state index in [1.54, 1.807) is 20.8 Å². The zero-order chi connectivity index (χ0) is 32.1. The quantitative estimate of drug-likeness (QED) is 0.115. The van der Waals surface area contributed by atoms with Crippen LogP contribution in [0.25, 0.3) is 0 Å².